The van der Waals surface area contributed by atoms with Gasteiger partial charge in [0.2, 0.25) is 5.78 Å². The number of carbonyl (C=O) groups is 2. The van der Waals surface area contributed by atoms with E-state index in [0.29, 0.717) is 0 Å². The Morgan fingerprint density at radius 2 is 1.32 bits per heavy atom. The van der Waals surface area contributed by atoms with Gasteiger partial charge in [0.15, 0.2) is 18.1 Å². The molecule has 0 saturated carbocycles. The average molecular weight is 556 g/mol. The number of non-ortho nitro benzene ring substituents is 1. The fourth-order valence-corrected chi connectivity index (χ4v) is 5.43. The number of nitro benzene ring substituents is 1. The van der Waals surface area contributed by atoms with E-state index in [1.807, 2.05) is 43.3 Å². The first-order chi connectivity index (χ1) is 19.1. The second-order valence-electron chi connectivity index (χ2n) is 9.22. The summed E-state index contributed by atoms with van der Waals surface area (Å²) < 4.78 is 30.2. The van der Waals surface area contributed by atoms with E-state index in [2.05, 4.69) is 4.72 Å². The van der Waals surface area contributed by atoms with E-state index >= 15 is 0 Å². The van der Waals surface area contributed by atoms with Gasteiger partial charge in [-0.15, -0.1) is 0 Å². The Morgan fingerprint density at radius 3 is 1.88 bits per heavy atom. The van der Waals surface area contributed by atoms with Gasteiger partial charge in [0, 0.05) is 55.2 Å². The molecule has 0 amide bonds. The summed E-state index contributed by atoms with van der Waals surface area (Å²) in [5.74, 6) is -1.21. The van der Waals surface area contributed by atoms with Gasteiger partial charge in [-0.05, 0) is 35.4 Å². The minimum Gasteiger partial charge on any atom is -0.378 e. The van der Waals surface area contributed by atoms with Crippen molar-refractivity contribution in [1.82, 2.24) is 4.72 Å². The molecule has 0 unspecified atom stereocenters. The second-order valence-corrected chi connectivity index (χ2v) is 10.9. The van der Waals surface area contributed by atoms with Crippen molar-refractivity contribution in [3.8, 4) is 11.1 Å². The van der Waals surface area contributed by atoms with Crippen molar-refractivity contribution in [3.05, 3.63) is 124 Å². The zero-order valence-electron chi connectivity index (χ0n) is 21.4. The number of carbonyl (C=O) groups excluding carboxylic acids is 2. The standard InChI is InChI=1S/C29H22N4O6S/c1-31(2)21-9-7-19(8-10-21)20-15-17-32(18-16-20)27-26(28(34)24-5-3-4-6-25(24)29(27)35)30-40(38,39)23-13-11-22(12-14-23)33(36)37/h3-18H,1-2H3/p+1. The topological polar surface area (TPSA) is 131 Å². The fourth-order valence-electron chi connectivity index (χ4n) is 4.36. The van der Waals surface area contributed by atoms with Gasteiger partial charge in [0.05, 0.1) is 9.82 Å². The lowest BCUT2D eigenvalue weighted by Gasteiger charge is -2.18. The molecule has 0 fully saturated rings. The van der Waals surface area contributed by atoms with E-state index in [1.54, 1.807) is 36.7 Å². The number of nitro groups is 1. The molecule has 0 atom stereocenters. The summed E-state index contributed by atoms with van der Waals surface area (Å²) in [6.07, 6.45) is 3.17. The number of sulfonamides is 1. The molecule has 1 aliphatic carbocycles. The number of hydrogen-bond acceptors (Lipinski definition) is 7. The largest absolute Gasteiger partial charge is 0.378 e. The van der Waals surface area contributed by atoms with E-state index in [4.69, 9.17) is 0 Å². The molecule has 0 bridgehead atoms. The number of aromatic nitrogens is 1. The minimum absolute atomic E-state index is 0.0656. The van der Waals surface area contributed by atoms with Crippen LogP contribution in [0.1, 0.15) is 20.7 Å². The van der Waals surface area contributed by atoms with Gasteiger partial charge in [-0.3, -0.25) is 24.4 Å². The Balaban J connectivity index is 1.58. The first-order valence-corrected chi connectivity index (χ1v) is 13.5. The molecule has 1 N–H and O–H groups in total. The number of benzene rings is 3. The minimum atomic E-state index is -4.39. The molecule has 4 aromatic rings. The normalized spacial score (nSPS) is 13.2. The van der Waals surface area contributed by atoms with Crippen molar-refractivity contribution in [3.63, 3.8) is 0 Å². The number of nitrogens with one attached hydrogen (secondary N) is 1. The van der Waals surface area contributed by atoms with Crippen LogP contribution in [0.3, 0.4) is 0 Å². The monoisotopic (exact) mass is 555 g/mol. The number of pyridine rings is 1. The molecular weight excluding hydrogens is 532 g/mol. The SMILES string of the molecule is CN(C)c1ccc(-c2cc[n+](C3=C(NS(=O)(=O)c4ccc([N+](=O)[O-])cc4)C(=O)c4ccccc4C3=O)cc2)cc1. The molecule has 11 heteroatoms. The van der Waals surface area contributed by atoms with Gasteiger partial charge < -0.3 is 4.90 Å². The van der Waals surface area contributed by atoms with Crippen LogP contribution in [0.5, 0.6) is 0 Å². The smallest absolute Gasteiger partial charge is 0.287 e. The van der Waals surface area contributed by atoms with E-state index < -0.39 is 32.2 Å². The Labute approximate surface area is 230 Å². The van der Waals surface area contributed by atoms with Crippen molar-refractivity contribution >= 4 is 38.7 Å². The van der Waals surface area contributed by atoms with Crippen molar-refractivity contribution in [2.75, 3.05) is 19.0 Å². The lowest BCUT2D eigenvalue weighted by Crippen LogP contribution is -2.44. The van der Waals surface area contributed by atoms with Gasteiger partial charge in [-0.25, -0.2) is 8.42 Å². The predicted molar refractivity (Wildman–Crippen MR) is 148 cm³/mol. The highest BCUT2D eigenvalue weighted by atomic mass is 32.2. The van der Waals surface area contributed by atoms with Crippen molar-refractivity contribution in [1.29, 1.82) is 0 Å². The van der Waals surface area contributed by atoms with Crippen LogP contribution in [0.2, 0.25) is 0 Å². The number of hydrogen-bond donors (Lipinski definition) is 1. The lowest BCUT2D eigenvalue weighted by atomic mass is 9.90. The third kappa shape index (κ3) is 4.85. The molecule has 1 heterocycles. The summed E-state index contributed by atoms with van der Waals surface area (Å²) in [4.78, 5) is 39.2. The van der Waals surface area contributed by atoms with E-state index in [1.165, 1.54) is 16.7 Å². The van der Waals surface area contributed by atoms with Crippen LogP contribution in [0.15, 0.2) is 108 Å². The maximum Gasteiger partial charge on any atom is 0.287 e. The second kappa shape index (κ2) is 10.2. The van der Waals surface area contributed by atoms with Crippen molar-refractivity contribution in [2.24, 2.45) is 0 Å². The summed E-state index contributed by atoms with van der Waals surface area (Å²) in [5.41, 5.74) is 2.16. The maximum atomic E-state index is 13.6. The Hall–Kier alpha value is -5.16. The average Bonchev–Trinajstić information content (AvgIpc) is 2.96. The van der Waals surface area contributed by atoms with E-state index in [0.717, 1.165) is 41.1 Å². The molecule has 200 valence electrons. The van der Waals surface area contributed by atoms with Crippen molar-refractivity contribution < 1.29 is 27.5 Å². The highest BCUT2D eigenvalue weighted by Crippen LogP contribution is 2.28. The van der Waals surface area contributed by atoms with Gasteiger partial charge >= 0.3 is 0 Å². The fraction of sp³-hybridized carbons (Fsp3) is 0.0690. The van der Waals surface area contributed by atoms with Gasteiger partial charge in [0.1, 0.15) is 0 Å². The molecule has 5 rings (SSSR count). The Kier molecular flexibility index (Phi) is 6.74. The zero-order chi connectivity index (χ0) is 28.6. The molecule has 0 aliphatic heterocycles. The lowest BCUT2D eigenvalue weighted by molar-refractivity contribution is -0.577. The summed E-state index contributed by atoms with van der Waals surface area (Å²) in [6.45, 7) is 0. The Bertz CT molecular complexity index is 1790. The van der Waals surface area contributed by atoms with Crippen LogP contribution in [0, 0.1) is 10.1 Å². The molecule has 3 aromatic carbocycles. The number of ketones is 2. The van der Waals surface area contributed by atoms with E-state index in [-0.39, 0.29) is 27.4 Å². The number of Topliss-reactive ketones (excluding diaryl/α,β-unsaturated/α-hetero) is 2. The molecular formula is C29H23N4O6S+. The molecule has 0 spiro atoms. The molecule has 10 nitrogen and oxygen atoms in total. The van der Waals surface area contributed by atoms with Gasteiger partial charge in [-0.2, -0.15) is 4.57 Å². The summed E-state index contributed by atoms with van der Waals surface area (Å²) in [5, 5.41) is 11.0. The quantitative estimate of drug-likeness (QED) is 0.208. The van der Waals surface area contributed by atoms with Crippen LogP contribution in [-0.2, 0) is 10.0 Å². The third-order valence-electron chi connectivity index (χ3n) is 6.49. The van der Waals surface area contributed by atoms with E-state index in [9.17, 15) is 28.1 Å². The first-order valence-electron chi connectivity index (χ1n) is 12.1. The molecule has 40 heavy (non-hydrogen) atoms. The summed E-state index contributed by atoms with van der Waals surface area (Å²) in [7, 11) is -0.492. The highest BCUT2D eigenvalue weighted by Gasteiger charge is 2.40. The Morgan fingerprint density at radius 1 is 0.775 bits per heavy atom. The number of nitrogens with zero attached hydrogens (tertiary/aromatic N) is 3. The first kappa shape index (κ1) is 26.4. The number of anilines is 1. The number of rotatable bonds is 7. The molecule has 1 aromatic heterocycles. The third-order valence-corrected chi connectivity index (χ3v) is 7.86. The van der Waals surface area contributed by atoms with Crippen LogP contribution in [0.4, 0.5) is 11.4 Å². The number of fused-ring (bicyclic) bond motifs is 1. The molecule has 0 saturated heterocycles. The summed E-state index contributed by atoms with van der Waals surface area (Å²) in [6, 6.07) is 21.8. The van der Waals surface area contributed by atoms with Crippen LogP contribution >= 0.6 is 0 Å². The molecule has 1 aliphatic rings. The molecule has 0 radical (unpaired) electrons. The maximum absolute atomic E-state index is 13.6. The number of allylic oxidation sites excluding steroid dienone is 2. The highest BCUT2D eigenvalue weighted by molar-refractivity contribution is 7.89. The van der Waals surface area contributed by atoms with Crippen LogP contribution in [0.25, 0.3) is 16.8 Å². The van der Waals surface area contributed by atoms with Gasteiger partial charge in [0.25, 0.3) is 27.2 Å². The van der Waals surface area contributed by atoms with Crippen LogP contribution in [-0.4, -0.2) is 39.0 Å². The van der Waals surface area contributed by atoms with Crippen molar-refractivity contribution in [2.45, 2.75) is 4.90 Å². The van der Waals surface area contributed by atoms with Crippen LogP contribution < -0.4 is 14.2 Å². The predicted octanol–water partition coefficient (Wildman–Crippen LogP) is 3.84. The van der Waals surface area contributed by atoms with Gasteiger partial charge in [-0.1, -0.05) is 36.4 Å². The zero-order valence-corrected chi connectivity index (χ0v) is 22.3. The summed E-state index contributed by atoms with van der Waals surface area (Å²) >= 11 is 0.